The van der Waals surface area contributed by atoms with Crippen molar-refractivity contribution in [1.29, 1.82) is 0 Å². The number of nitrogens with one attached hydrogen (secondary N) is 1. The minimum absolute atomic E-state index is 0.0709. The minimum atomic E-state index is -0.779. The van der Waals surface area contributed by atoms with Gasteiger partial charge in [0.25, 0.3) is 11.5 Å². The van der Waals surface area contributed by atoms with E-state index in [4.69, 9.17) is 4.74 Å². The second-order valence-electron chi connectivity index (χ2n) is 6.79. The summed E-state index contributed by atoms with van der Waals surface area (Å²) < 4.78 is 7.22. The third kappa shape index (κ3) is 3.75. The van der Waals surface area contributed by atoms with Crippen LogP contribution in [-0.2, 0) is 17.8 Å². The van der Waals surface area contributed by atoms with Crippen molar-refractivity contribution < 1.29 is 14.6 Å². The Kier molecular flexibility index (Phi) is 5.08. The van der Waals surface area contributed by atoms with E-state index in [9.17, 15) is 14.7 Å². The zero-order valence-corrected chi connectivity index (χ0v) is 15.3. The van der Waals surface area contributed by atoms with Gasteiger partial charge in [0.1, 0.15) is 11.6 Å². The Morgan fingerprint density at radius 2 is 2.07 bits per heavy atom. The molecule has 2 aromatic carbocycles. The quantitative estimate of drug-likeness (QED) is 0.678. The predicted molar refractivity (Wildman–Crippen MR) is 104 cm³/mol. The van der Waals surface area contributed by atoms with Crippen molar-refractivity contribution in [2.75, 3.05) is 13.2 Å². The van der Waals surface area contributed by atoms with E-state index in [0.29, 0.717) is 23.2 Å². The first-order valence-electron chi connectivity index (χ1n) is 9.28. The first-order valence-corrected chi connectivity index (χ1v) is 9.28. The highest BCUT2D eigenvalue weighted by molar-refractivity contribution is 5.80. The van der Waals surface area contributed by atoms with Crippen LogP contribution in [-0.4, -0.2) is 33.7 Å². The van der Waals surface area contributed by atoms with Crippen LogP contribution in [0.4, 0.5) is 0 Å². The molecule has 1 aliphatic heterocycles. The highest BCUT2D eigenvalue weighted by Crippen LogP contribution is 2.19. The average Bonchev–Trinajstić information content (AvgIpc) is 3.20. The Bertz CT molecular complexity index is 1060. The summed E-state index contributed by atoms with van der Waals surface area (Å²) in [4.78, 5) is 29.1. The lowest BCUT2D eigenvalue weighted by Crippen LogP contribution is -2.32. The van der Waals surface area contributed by atoms with Gasteiger partial charge in [-0.1, -0.05) is 30.3 Å². The summed E-state index contributed by atoms with van der Waals surface area (Å²) in [6.45, 7) is 0.586. The Hall–Kier alpha value is -3.19. The minimum Gasteiger partial charge on any atom is -0.484 e. The Labute approximate surface area is 161 Å². The van der Waals surface area contributed by atoms with Gasteiger partial charge in [-0.2, -0.15) is 0 Å². The molecular weight excluding hydrogens is 358 g/mol. The molecule has 2 N–H and O–H groups in total. The second kappa shape index (κ2) is 7.82. The van der Waals surface area contributed by atoms with Crippen molar-refractivity contribution >= 4 is 16.8 Å². The van der Waals surface area contributed by atoms with Crippen LogP contribution in [0.5, 0.6) is 5.75 Å². The van der Waals surface area contributed by atoms with Crippen molar-refractivity contribution in [2.24, 2.45) is 0 Å². The molecular formula is C21H21N3O4. The molecule has 2 heterocycles. The SMILES string of the molecule is O=C(COc1ccc2nc3n(c(=O)c2c1)CCC3)NCC(O)c1ccccc1. The maximum absolute atomic E-state index is 12.6. The van der Waals surface area contributed by atoms with Crippen molar-refractivity contribution in [3.8, 4) is 5.75 Å². The Morgan fingerprint density at radius 3 is 2.89 bits per heavy atom. The molecule has 1 aromatic heterocycles. The predicted octanol–water partition coefficient (Wildman–Crippen LogP) is 1.57. The number of hydrogen-bond donors (Lipinski definition) is 2. The summed E-state index contributed by atoms with van der Waals surface area (Å²) in [5.74, 6) is 0.908. The van der Waals surface area contributed by atoms with Gasteiger partial charge in [-0.3, -0.25) is 14.2 Å². The summed E-state index contributed by atoms with van der Waals surface area (Å²) >= 11 is 0. The molecule has 0 radical (unpaired) electrons. The first kappa shape index (κ1) is 18.2. The molecule has 0 fully saturated rings. The lowest BCUT2D eigenvalue weighted by molar-refractivity contribution is -0.123. The van der Waals surface area contributed by atoms with Gasteiger partial charge in [0, 0.05) is 19.5 Å². The Balaban J connectivity index is 1.37. The molecule has 1 unspecified atom stereocenters. The van der Waals surface area contributed by atoms with Gasteiger partial charge in [-0.25, -0.2) is 4.98 Å². The number of nitrogens with zero attached hydrogens (tertiary/aromatic N) is 2. The number of carbonyl (C=O) groups is 1. The van der Waals surface area contributed by atoms with Crippen molar-refractivity contribution in [2.45, 2.75) is 25.5 Å². The number of hydrogen-bond acceptors (Lipinski definition) is 5. The number of rotatable bonds is 6. The largest absolute Gasteiger partial charge is 0.484 e. The third-order valence-electron chi connectivity index (χ3n) is 4.83. The highest BCUT2D eigenvalue weighted by Gasteiger charge is 2.16. The van der Waals surface area contributed by atoms with E-state index in [1.54, 1.807) is 34.9 Å². The molecule has 28 heavy (non-hydrogen) atoms. The molecule has 0 spiro atoms. The summed E-state index contributed by atoms with van der Waals surface area (Å²) in [6.07, 6.45) is 0.967. The van der Waals surface area contributed by atoms with Gasteiger partial charge >= 0.3 is 0 Å². The average molecular weight is 379 g/mol. The number of carbonyl (C=O) groups excluding carboxylic acids is 1. The van der Waals surface area contributed by atoms with Crippen molar-refractivity contribution in [3.63, 3.8) is 0 Å². The maximum atomic E-state index is 12.6. The lowest BCUT2D eigenvalue weighted by atomic mass is 10.1. The molecule has 0 bridgehead atoms. The van der Waals surface area contributed by atoms with E-state index in [2.05, 4.69) is 10.3 Å². The highest BCUT2D eigenvalue weighted by atomic mass is 16.5. The van der Waals surface area contributed by atoms with Crippen molar-refractivity contribution in [1.82, 2.24) is 14.9 Å². The Morgan fingerprint density at radius 1 is 1.25 bits per heavy atom. The molecule has 7 heteroatoms. The van der Waals surface area contributed by atoms with Gasteiger partial charge in [0.05, 0.1) is 17.0 Å². The third-order valence-corrected chi connectivity index (χ3v) is 4.83. The molecule has 0 saturated carbocycles. The van der Waals surface area contributed by atoms with Crippen LogP contribution in [0.15, 0.2) is 53.3 Å². The molecule has 0 saturated heterocycles. The summed E-state index contributed by atoms with van der Waals surface area (Å²) in [6, 6.07) is 14.2. The van der Waals surface area contributed by atoms with E-state index in [-0.39, 0.29) is 24.6 Å². The van der Waals surface area contributed by atoms with Crippen molar-refractivity contribution in [3.05, 3.63) is 70.3 Å². The van der Waals surface area contributed by atoms with E-state index in [0.717, 1.165) is 24.2 Å². The molecule has 144 valence electrons. The number of aliphatic hydroxyl groups excluding tert-OH is 1. The fourth-order valence-corrected chi connectivity index (χ4v) is 3.36. The monoisotopic (exact) mass is 379 g/mol. The molecule has 4 rings (SSSR count). The summed E-state index contributed by atoms with van der Waals surface area (Å²) in [5, 5.41) is 13.2. The fraction of sp³-hybridized carbons (Fsp3) is 0.286. The van der Waals surface area contributed by atoms with Crippen LogP contribution in [0.25, 0.3) is 10.9 Å². The number of aryl methyl sites for hydroxylation is 1. The van der Waals surface area contributed by atoms with Crippen LogP contribution in [0, 0.1) is 0 Å². The molecule has 1 atom stereocenters. The zero-order chi connectivity index (χ0) is 19.5. The normalized spacial score (nSPS) is 13.9. The molecule has 0 aliphatic carbocycles. The summed E-state index contributed by atoms with van der Waals surface area (Å²) in [5.41, 5.74) is 1.30. The summed E-state index contributed by atoms with van der Waals surface area (Å²) in [7, 11) is 0. The number of benzene rings is 2. The van der Waals surface area contributed by atoms with E-state index >= 15 is 0 Å². The second-order valence-corrected chi connectivity index (χ2v) is 6.79. The van der Waals surface area contributed by atoms with Crippen LogP contribution in [0.3, 0.4) is 0 Å². The van der Waals surface area contributed by atoms with Gasteiger partial charge in [0.2, 0.25) is 0 Å². The maximum Gasteiger partial charge on any atom is 0.261 e. The lowest BCUT2D eigenvalue weighted by Gasteiger charge is -2.13. The van der Waals surface area contributed by atoms with Crippen LogP contribution >= 0.6 is 0 Å². The van der Waals surface area contributed by atoms with Gasteiger partial charge in [-0.05, 0) is 30.2 Å². The number of fused-ring (bicyclic) bond motifs is 2. The van der Waals surface area contributed by atoms with Gasteiger partial charge in [-0.15, -0.1) is 0 Å². The van der Waals surface area contributed by atoms with Crippen LogP contribution in [0.2, 0.25) is 0 Å². The van der Waals surface area contributed by atoms with Crippen LogP contribution in [0.1, 0.15) is 23.9 Å². The molecule has 3 aromatic rings. The van der Waals surface area contributed by atoms with Gasteiger partial charge in [0.15, 0.2) is 6.61 Å². The fourth-order valence-electron chi connectivity index (χ4n) is 3.36. The number of aliphatic hydroxyl groups is 1. The molecule has 1 amide bonds. The first-order chi connectivity index (χ1) is 13.6. The molecule has 1 aliphatic rings. The van der Waals surface area contributed by atoms with E-state index in [1.807, 2.05) is 18.2 Å². The standard InChI is InChI=1S/C21H21N3O4/c25-18(14-5-2-1-3-6-14)12-22-20(26)13-28-15-8-9-17-16(11-15)21(27)24-10-4-7-19(24)23-17/h1-3,5-6,8-9,11,18,25H,4,7,10,12-13H2,(H,22,26). The van der Waals surface area contributed by atoms with E-state index in [1.165, 1.54) is 0 Å². The number of amides is 1. The number of ether oxygens (including phenoxy) is 1. The van der Waals surface area contributed by atoms with Crippen LogP contribution < -0.4 is 15.6 Å². The molecule has 7 nitrogen and oxygen atoms in total. The smallest absolute Gasteiger partial charge is 0.261 e. The number of aromatic nitrogens is 2. The van der Waals surface area contributed by atoms with Gasteiger partial charge < -0.3 is 15.2 Å². The topological polar surface area (TPSA) is 93.5 Å². The van der Waals surface area contributed by atoms with E-state index < -0.39 is 6.10 Å². The zero-order valence-electron chi connectivity index (χ0n) is 15.3.